The molecule has 650 valence electrons. The molecule has 0 saturated heterocycles. The molecule has 0 saturated carbocycles. The number of rotatable bonds is 78. The first kappa shape index (κ1) is 107. The highest BCUT2D eigenvalue weighted by molar-refractivity contribution is 5.93. The van der Waals surface area contributed by atoms with E-state index >= 15 is 0 Å². The summed E-state index contributed by atoms with van der Waals surface area (Å²) in [7, 11) is 0. The van der Waals surface area contributed by atoms with E-state index in [0.29, 0.717) is 90.5 Å². The Kier molecular flexibility index (Phi) is 69.3. The van der Waals surface area contributed by atoms with E-state index in [1.54, 1.807) is 6.92 Å². The van der Waals surface area contributed by atoms with Crippen molar-refractivity contribution >= 4 is 88.2 Å². The van der Waals surface area contributed by atoms with Crippen LogP contribution in [0.2, 0.25) is 0 Å². The summed E-state index contributed by atoms with van der Waals surface area (Å²) >= 11 is 0. The number of hydrogen-bond acceptors (Lipinski definition) is 23. The minimum Gasteiger partial charge on any atom is -0.481 e. The summed E-state index contributed by atoms with van der Waals surface area (Å²) in [6.07, 6.45) is 19.8. The normalized spacial score (nSPS) is 12.2. The Morgan fingerprint density at radius 1 is 0.348 bits per heavy atom. The van der Waals surface area contributed by atoms with Crippen LogP contribution in [0.4, 0.5) is 0 Å². The third-order valence-corrected chi connectivity index (χ3v) is 17.4. The van der Waals surface area contributed by atoms with E-state index in [2.05, 4.69) is 32.1 Å². The van der Waals surface area contributed by atoms with Crippen molar-refractivity contribution in [2.24, 2.45) is 17.3 Å². The number of amides is 6. The van der Waals surface area contributed by atoms with Crippen LogP contribution in [-0.2, 0) is 110 Å². The summed E-state index contributed by atoms with van der Waals surface area (Å²) in [5.41, 5.74) is 1.62. The summed E-state index contributed by atoms with van der Waals surface area (Å²) < 4.78 is 37.2. The van der Waals surface area contributed by atoms with Gasteiger partial charge in [0.15, 0.2) is 5.78 Å². The highest BCUT2D eigenvalue weighted by atomic mass is 16.7. The van der Waals surface area contributed by atoms with E-state index < -0.39 is 53.2 Å². The molecule has 0 aromatic rings. The predicted molar refractivity (Wildman–Crippen MR) is 418 cm³/mol. The van der Waals surface area contributed by atoms with Crippen molar-refractivity contribution in [1.29, 1.82) is 0 Å². The summed E-state index contributed by atoms with van der Waals surface area (Å²) in [5, 5.41) is 49.2. The van der Waals surface area contributed by atoms with Crippen molar-refractivity contribution in [2.45, 2.75) is 278 Å². The van der Waals surface area contributed by atoms with E-state index in [1.807, 2.05) is 27.7 Å². The van der Waals surface area contributed by atoms with E-state index in [-0.39, 0.29) is 237 Å². The van der Waals surface area contributed by atoms with Crippen molar-refractivity contribution < 1.29 is 133 Å². The number of likely N-dealkylation sites (N-methyl/N-ethyl adjacent to an activating group) is 1. The first-order chi connectivity index (χ1) is 53.5. The molecule has 112 heavy (non-hydrogen) atoms. The molecule has 0 unspecified atom stereocenters. The zero-order chi connectivity index (χ0) is 83.8. The topological polar surface area (TPSA) is 483 Å². The van der Waals surface area contributed by atoms with Gasteiger partial charge in [0.1, 0.15) is 61.6 Å². The highest BCUT2D eigenvalue weighted by Crippen LogP contribution is 2.27. The molecule has 0 aliphatic rings. The molecule has 0 radical (unpaired) electrons. The third kappa shape index (κ3) is 70.6. The number of ether oxygens (including phenoxy) is 7. The number of carboxylic acid groups (broad SMARTS) is 4. The van der Waals surface area contributed by atoms with Gasteiger partial charge in [0.2, 0.25) is 29.5 Å². The average molecular weight is 1610 g/mol. The van der Waals surface area contributed by atoms with E-state index in [4.69, 9.17) is 48.2 Å². The lowest BCUT2D eigenvalue weighted by Crippen LogP contribution is -2.41. The van der Waals surface area contributed by atoms with Gasteiger partial charge in [0.05, 0.1) is 59.5 Å². The Bertz CT molecular complexity index is 2670. The fourth-order valence-electron chi connectivity index (χ4n) is 10.9. The van der Waals surface area contributed by atoms with Crippen LogP contribution in [0, 0.1) is 17.3 Å². The number of hydroxylamine groups is 1. The van der Waals surface area contributed by atoms with Gasteiger partial charge in [-0.05, 0) is 84.5 Å². The summed E-state index contributed by atoms with van der Waals surface area (Å²) in [6.45, 7) is 13.6. The van der Waals surface area contributed by atoms with E-state index in [9.17, 15) is 82.1 Å². The van der Waals surface area contributed by atoms with Gasteiger partial charge in [-0.2, -0.15) is 0 Å². The molecule has 0 aliphatic heterocycles. The number of Topliss-reactive ketones (excluding diaryl/α,β-unsaturated/α-hetero) is 5. The zero-order valence-corrected chi connectivity index (χ0v) is 68.0. The fraction of sp³-hybridized carbons (Fsp3) is 0.810. The molecular formula is C79H142N6O27. The molecule has 10 N–H and O–H groups in total. The molecule has 4 atom stereocenters. The van der Waals surface area contributed by atoms with Gasteiger partial charge in [0.25, 0.3) is 5.91 Å². The van der Waals surface area contributed by atoms with Crippen LogP contribution in [-0.4, -0.2) is 239 Å². The largest absolute Gasteiger partial charge is 0.481 e. The molecule has 0 spiro atoms. The Morgan fingerprint density at radius 2 is 0.768 bits per heavy atom. The van der Waals surface area contributed by atoms with Crippen molar-refractivity contribution in [2.75, 3.05) is 119 Å². The van der Waals surface area contributed by atoms with Crippen LogP contribution in [0.5, 0.6) is 0 Å². The number of unbranched alkanes of at least 4 members (excludes halogenated alkanes) is 15. The smallest absolute Gasteiger partial charge is 0.326 e. The minimum absolute atomic E-state index is 0. The molecular weight excluding hydrogens is 1460 g/mol. The second kappa shape index (κ2) is 72.7. The van der Waals surface area contributed by atoms with Gasteiger partial charge < -0.3 is 80.2 Å². The number of carbonyl (C=O) groups is 15. The standard InChI is InChI=1S/C49H85N3O15.C30H53N3O12.2H2/c1-6-18-38(37(2)53)33-42(55)39(34-43(56)49(3,4)5)19-15-16-25-50-46(59)36-67-32-29-64-27-17-20-40(54)35-66-31-30-65-28-26-51-44(57)24-23-41(48(62)63)52-45(58)21-13-11-9-7-8-10-12-14-22-47(60)61;1-2-31-27(36)22-44-20-21-45-33-28(37)23-43-19-18-42-17-11-12-24(34)15-16-25(30(40)41)32-26(35)13-9-7-5-3-4-6-8-10-14-29(38)39;;/h38-39,41H,6-36H2,1-5H3,(H,50,59)(H,51,57)(H,52,58)(H,60,61)(H,62,63);25H,2-23H2,1H3,(H,31,36)(H,32,35)(H,33,37)(H,38,39)(H,40,41);2*1H/t38-,39-,41+;25-;;/m10../s1. The SMILES string of the molecule is CCC[C@H](CC(=O)[C@H](CCCCNC(=O)COCCOCCCC(=O)COCCOCCNC(=O)CC[C@H](NC(=O)CCCCCCCCCCC(=O)O)C(=O)O)CC(=O)C(C)(C)C)C(C)=O.CCNC(=O)COCCONC(=O)COCCOCCCC(=O)CC[C@H](NC(=O)CCCCCCCCCCC(=O)O)C(=O)O.[HH].[HH]. The number of carbonyl (C=O) groups excluding carboxylic acids is 11. The second-order valence-electron chi connectivity index (χ2n) is 28.6. The number of hydrogen-bond donors (Lipinski definition) is 10. The molecule has 33 nitrogen and oxygen atoms in total. The maximum atomic E-state index is 13.2. The van der Waals surface area contributed by atoms with Gasteiger partial charge in [-0.15, -0.1) is 0 Å². The second-order valence-corrected chi connectivity index (χ2v) is 28.6. The zero-order valence-electron chi connectivity index (χ0n) is 68.0. The van der Waals surface area contributed by atoms with Crippen LogP contribution in [0.15, 0.2) is 0 Å². The van der Waals surface area contributed by atoms with Crippen LogP contribution in [0.1, 0.15) is 269 Å². The number of ketones is 5. The van der Waals surface area contributed by atoms with Gasteiger partial charge >= 0.3 is 23.9 Å². The molecule has 0 aliphatic carbocycles. The molecule has 0 rings (SSSR count). The van der Waals surface area contributed by atoms with Crippen molar-refractivity contribution in [3.8, 4) is 0 Å². The Balaban J connectivity index is -0.00000112. The van der Waals surface area contributed by atoms with Gasteiger partial charge in [-0.3, -0.25) is 67.2 Å². The van der Waals surface area contributed by atoms with Crippen LogP contribution in [0.25, 0.3) is 0 Å². The Hall–Kier alpha value is -7.27. The summed E-state index contributed by atoms with van der Waals surface area (Å²) in [5.74, 6) is -7.02. The van der Waals surface area contributed by atoms with Gasteiger partial charge in [-0.25, -0.2) is 15.1 Å². The van der Waals surface area contributed by atoms with Crippen LogP contribution >= 0.6 is 0 Å². The quantitative estimate of drug-likeness (QED) is 0.0203. The number of aliphatic carboxylic acids is 4. The highest BCUT2D eigenvalue weighted by Gasteiger charge is 2.31. The number of carboxylic acids is 4. The van der Waals surface area contributed by atoms with E-state index in [0.717, 1.165) is 83.5 Å². The van der Waals surface area contributed by atoms with Crippen molar-refractivity contribution in [1.82, 2.24) is 32.1 Å². The molecule has 0 aromatic carbocycles. The molecule has 6 amide bonds. The first-order valence-electron chi connectivity index (χ1n) is 40.3. The Labute approximate surface area is 665 Å². The monoisotopic (exact) mass is 1610 g/mol. The summed E-state index contributed by atoms with van der Waals surface area (Å²) in [6, 6.07) is -2.28. The predicted octanol–water partition coefficient (Wildman–Crippen LogP) is 8.12. The minimum atomic E-state index is -1.21. The first-order valence-corrected chi connectivity index (χ1v) is 40.3. The fourth-order valence-corrected chi connectivity index (χ4v) is 10.9. The lowest BCUT2D eigenvalue weighted by molar-refractivity contribution is -0.142. The third-order valence-electron chi connectivity index (χ3n) is 17.4. The van der Waals surface area contributed by atoms with Crippen molar-refractivity contribution in [3.63, 3.8) is 0 Å². The van der Waals surface area contributed by atoms with Crippen LogP contribution < -0.4 is 32.1 Å². The van der Waals surface area contributed by atoms with Crippen molar-refractivity contribution in [3.05, 3.63) is 0 Å². The van der Waals surface area contributed by atoms with Gasteiger partial charge in [0, 0.05) is 117 Å². The molecule has 0 heterocycles. The molecule has 0 bridgehead atoms. The average Bonchev–Trinajstić information content (AvgIpc) is 0.867. The number of nitrogens with one attached hydrogen (secondary N) is 6. The van der Waals surface area contributed by atoms with Crippen LogP contribution in [0.3, 0.4) is 0 Å². The molecule has 33 heteroatoms. The maximum absolute atomic E-state index is 13.2. The molecule has 0 fully saturated rings. The maximum Gasteiger partial charge on any atom is 0.326 e. The Morgan fingerprint density at radius 3 is 1.23 bits per heavy atom. The van der Waals surface area contributed by atoms with E-state index in [1.165, 1.54) is 6.92 Å². The van der Waals surface area contributed by atoms with Gasteiger partial charge in [-0.1, -0.05) is 118 Å². The lowest BCUT2D eigenvalue weighted by Gasteiger charge is -2.23. The molecule has 0 aromatic heterocycles. The summed E-state index contributed by atoms with van der Waals surface area (Å²) in [4.78, 5) is 183. The lowest BCUT2D eigenvalue weighted by atomic mass is 9.80.